The third kappa shape index (κ3) is 4.56. The number of nitrogens with one attached hydrogen (secondary N) is 1. The van der Waals surface area contributed by atoms with Crippen LogP contribution >= 0.6 is 0 Å². The lowest BCUT2D eigenvalue weighted by Gasteiger charge is -2.34. The van der Waals surface area contributed by atoms with E-state index in [-0.39, 0.29) is 0 Å². The van der Waals surface area contributed by atoms with Crippen LogP contribution in [0.3, 0.4) is 0 Å². The van der Waals surface area contributed by atoms with Crippen molar-refractivity contribution in [3.63, 3.8) is 0 Å². The molecule has 2 bridgehead atoms. The number of ether oxygens (including phenoxy) is 1. The summed E-state index contributed by atoms with van der Waals surface area (Å²) in [7, 11) is 2.24. The number of fused-ring (bicyclic) bond motifs is 2. The van der Waals surface area contributed by atoms with Crippen LogP contribution in [0.4, 0.5) is 23.1 Å². The third-order valence-electron chi connectivity index (χ3n) is 7.52. The number of anilines is 4. The summed E-state index contributed by atoms with van der Waals surface area (Å²) in [5.41, 5.74) is 5.45. The number of pyridine rings is 1. The van der Waals surface area contributed by atoms with E-state index >= 15 is 0 Å². The van der Waals surface area contributed by atoms with Crippen molar-refractivity contribution in [3.8, 4) is 11.3 Å². The van der Waals surface area contributed by atoms with Crippen LogP contribution in [0.2, 0.25) is 0 Å². The number of aryl methyl sites for hydroxylation is 1. The molecule has 182 valence electrons. The van der Waals surface area contributed by atoms with Gasteiger partial charge in [-0.1, -0.05) is 0 Å². The van der Waals surface area contributed by atoms with Crippen molar-refractivity contribution in [2.75, 3.05) is 61.6 Å². The highest BCUT2D eigenvalue weighted by molar-refractivity contribution is 5.66. The summed E-state index contributed by atoms with van der Waals surface area (Å²) in [5.74, 6) is 1.57. The Morgan fingerprint density at radius 3 is 2.71 bits per heavy atom. The molecule has 3 aliphatic rings. The summed E-state index contributed by atoms with van der Waals surface area (Å²) in [6.45, 7) is 7.90. The molecule has 8 nitrogen and oxygen atoms in total. The Kier molecular flexibility index (Phi) is 6.00. The van der Waals surface area contributed by atoms with Crippen molar-refractivity contribution in [2.24, 2.45) is 0 Å². The highest BCUT2D eigenvalue weighted by Gasteiger charge is 2.41. The Hall–Kier alpha value is -3.23. The smallest absolute Gasteiger partial charge is 0.227 e. The molecule has 1 N–H and O–H groups in total. The first-order valence-corrected chi connectivity index (χ1v) is 12.6. The number of aromatic nitrogens is 3. The lowest BCUT2D eigenvalue weighted by atomic mass is 10.1. The minimum Gasteiger partial charge on any atom is -0.380 e. The van der Waals surface area contributed by atoms with Gasteiger partial charge in [-0.3, -0.25) is 4.90 Å². The summed E-state index contributed by atoms with van der Waals surface area (Å²) in [6, 6.07) is 14.0. The Bertz CT molecular complexity index is 1170. The van der Waals surface area contributed by atoms with E-state index in [0.717, 1.165) is 68.6 Å². The quantitative estimate of drug-likeness (QED) is 0.604. The molecule has 1 aromatic carbocycles. The molecule has 8 heteroatoms. The molecular weight excluding hydrogens is 438 g/mol. The highest BCUT2D eigenvalue weighted by atomic mass is 16.5. The average molecular weight is 472 g/mol. The maximum atomic E-state index is 5.56. The Morgan fingerprint density at radius 2 is 1.94 bits per heavy atom. The first-order valence-electron chi connectivity index (χ1n) is 12.6. The maximum absolute atomic E-state index is 5.56. The van der Waals surface area contributed by atoms with Gasteiger partial charge in [-0.2, -0.15) is 0 Å². The van der Waals surface area contributed by atoms with Crippen LogP contribution in [0.5, 0.6) is 0 Å². The number of nitrogens with zero attached hydrogens (tertiary/aromatic N) is 6. The minimum atomic E-state index is 0.588. The lowest BCUT2D eigenvalue weighted by Crippen LogP contribution is -2.44. The lowest BCUT2D eigenvalue weighted by molar-refractivity contribution is 0.152. The van der Waals surface area contributed by atoms with E-state index in [0.29, 0.717) is 18.0 Å². The molecule has 35 heavy (non-hydrogen) atoms. The van der Waals surface area contributed by atoms with Crippen molar-refractivity contribution >= 4 is 23.1 Å². The topological polar surface area (TPSA) is 69.6 Å². The van der Waals surface area contributed by atoms with Gasteiger partial charge in [-0.15, -0.1) is 0 Å². The molecule has 3 fully saturated rings. The monoisotopic (exact) mass is 471 g/mol. The summed E-state index contributed by atoms with van der Waals surface area (Å²) >= 11 is 0. The molecule has 2 atom stereocenters. The Balaban J connectivity index is 1.15. The molecule has 5 heterocycles. The zero-order valence-corrected chi connectivity index (χ0v) is 20.5. The molecule has 3 aromatic rings. The predicted octanol–water partition coefficient (Wildman–Crippen LogP) is 3.71. The van der Waals surface area contributed by atoms with Gasteiger partial charge in [0.05, 0.1) is 12.3 Å². The van der Waals surface area contributed by atoms with Crippen molar-refractivity contribution in [1.82, 2.24) is 19.9 Å². The van der Waals surface area contributed by atoms with Crippen LogP contribution in [-0.2, 0) is 4.74 Å². The first kappa shape index (κ1) is 22.2. The zero-order valence-electron chi connectivity index (χ0n) is 20.5. The molecule has 0 radical (unpaired) electrons. The average Bonchev–Trinajstić information content (AvgIpc) is 3.32. The minimum absolute atomic E-state index is 0.588. The van der Waals surface area contributed by atoms with Crippen LogP contribution in [-0.4, -0.2) is 78.4 Å². The van der Waals surface area contributed by atoms with Gasteiger partial charge in [0.25, 0.3) is 0 Å². The second-order valence-electron chi connectivity index (χ2n) is 9.89. The van der Waals surface area contributed by atoms with Gasteiger partial charge in [0.2, 0.25) is 5.95 Å². The van der Waals surface area contributed by atoms with Gasteiger partial charge >= 0.3 is 0 Å². The highest BCUT2D eigenvalue weighted by Crippen LogP contribution is 2.36. The van der Waals surface area contributed by atoms with Gasteiger partial charge < -0.3 is 19.9 Å². The second-order valence-corrected chi connectivity index (χ2v) is 9.89. The SMILES string of the molecule is Cc1cc(Nc2nccc(-c3ccc(N4CCCOCC4)nc3)n2)ccc1N1C[C@@H]2C[C@@H]1CN2C. The fourth-order valence-corrected chi connectivity index (χ4v) is 5.63. The number of benzene rings is 1. The Morgan fingerprint density at radius 1 is 1.00 bits per heavy atom. The molecule has 0 amide bonds. The van der Waals surface area contributed by atoms with Crippen LogP contribution in [0.1, 0.15) is 18.4 Å². The standard InChI is InChI=1S/C27H33N7O/c1-19-14-21(5-6-25(19)34-18-22-15-23(34)17-32(22)2)30-27-28-9-8-24(31-27)20-4-7-26(29-16-20)33-10-3-12-35-13-11-33/h4-9,14,16,22-23H,3,10-13,15,17-18H2,1-2H3,(H,28,30,31)/t22-,23+/m0/s1. The normalized spacial score (nSPS) is 22.5. The summed E-state index contributed by atoms with van der Waals surface area (Å²) in [5, 5.41) is 3.39. The van der Waals surface area contributed by atoms with Gasteiger partial charge in [-0.25, -0.2) is 15.0 Å². The fourth-order valence-electron chi connectivity index (χ4n) is 5.63. The molecular formula is C27H33N7O. The van der Waals surface area contributed by atoms with E-state index in [1.807, 2.05) is 12.3 Å². The number of hydrogen-bond acceptors (Lipinski definition) is 8. The van der Waals surface area contributed by atoms with Crippen LogP contribution in [0.25, 0.3) is 11.3 Å². The fraction of sp³-hybridized carbons (Fsp3) is 0.444. The van der Waals surface area contributed by atoms with Gasteiger partial charge in [-0.05, 0) is 68.8 Å². The molecule has 0 aliphatic carbocycles. The van der Waals surface area contributed by atoms with Crippen molar-refractivity contribution in [3.05, 3.63) is 54.4 Å². The van der Waals surface area contributed by atoms with E-state index in [1.165, 1.54) is 17.7 Å². The third-order valence-corrected chi connectivity index (χ3v) is 7.52. The summed E-state index contributed by atoms with van der Waals surface area (Å²) < 4.78 is 5.56. The van der Waals surface area contributed by atoms with Crippen molar-refractivity contribution in [2.45, 2.75) is 31.8 Å². The molecule has 0 saturated carbocycles. The van der Waals surface area contributed by atoms with E-state index < -0.39 is 0 Å². The van der Waals surface area contributed by atoms with E-state index in [9.17, 15) is 0 Å². The number of likely N-dealkylation sites (N-methyl/N-ethyl adjacent to an activating group) is 1. The number of piperazine rings is 1. The van der Waals surface area contributed by atoms with Gasteiger partial charge in [0.1, 0.15) is 5.82 Å². The van der Waals surface area contributed by atoms with E-state index in [2.05, 4.69) is 69.3 Å². The molecule has 0 unspecified atom stereocenters. The number of hydrogen-bond donors (Lipinski definition) is 1. The van der Waals surface area contributed by atoms with Crippen LogP contribution < -0.4 is 15.1 Å². The Labute approximate surface area is 207 Å². The molecule has 3 saturated heterocycles. The van der Waals surface area contributed by atoms with Crippen molar-refractivity contribution in [1.29, 1.82) is 0 Å². The van der Waals surface area contributed by atoms with E-state index in [4.69, 9.17) is 14.7 Å². The van der Waals surface area contributed by atoms with Gasteiger partial charge in [0.15, 0.2) is 0 Å². The summed E-state index contributed by atoms with van der Waals surface area (Å²) in [4.78, 5) is 21.2. The molecule has 2 aromatic heterocycles. The predicted molar refractivity (Wildman–Crippen MR) is 140 cm³/mol. The largest absolute Gasteiger partial charge is 0.380 e. The van der Waals surface area contributed by atoms with Crippen molar-refractivity contribution < 1.29 is 4.74 Å². The van der Waals surface area contributed by atoms with E-state index in [1.54, 1.807) is 6.20 Å². The zero-order chi connectivity index (χ0) is 23.8. The summed E-state index contributed by atoms with van der Waals surface area (Å²) in [6.07, 6.45) is 6.00. The molecule has 6 rings (SSSR count). The van der Waals surface area contributed by atoms with Crippen LogP contribution in [0, 0.1) is 6.92 Å². The molecule has 3 aliphatic heterocycles. The first-order chi connectivity index (χ1) is 17.1. The number of rotatable bonds is 5. The van der Waals surface area contributed by atoms with Gasteiger partial charge in [0, 0.05) is 74.2 Å². The second kappa shape index (κ2) is 9.43. The number of likely N-dealkylation sites (tertiary alicyclic amines) is 1. The molecule has 0 spiro atoms. The van der Waals surface area contributed by atoms with Crippen LogP contribution in [0.15, 0.2) is 48.8 Å². The maximum Gasteiger partial charge on any atom is 0.227 e.